The maximum absolute atomic E-state index is 12.4. The Morgan fingerprint density at radius 1 is 1.26 bits per heavy atom. The Balaban J connectivity index is 1.98. The Kier molecular flexibility index (Phi) is 3.88. The van der Waals surface area contributed by atoms with Crippen molar-refractivity contribution in [3.8, 4) is 0 Å². The summed E-state index contributed by atoms with van der Waals surface area (Å²) in [5.41, 5.74) is -0.286. The SMILES string of the molecule is CCC(CC)(CC(=O)O)NC(=O)C1CC12CCCC2. The van der Waals surface area contributed by atoms with Crippen molar-refractivity contribution >= 4 is 11.9 Å². The van der Waals surface area contributed by atoms with Gasteiger partial charge in [-0.25, -0.2) is 0 Å². The molecular weight excluding hydrogens is 242 g/mol. The predicted molar refractivity (Wildman–Crippen MR) is 72.7 cm³/mol. The van der Waals surface area contributed by atoms with E-state index in [4.69, 9.17) is 5.11 Å². The van der Waals surface area contributed by atoms with Gasteiger partial charge in [0.2, 0.25) is 5.91 Å². The summed E-state index contributed by atoms with van der Waals surface area (Å²) < 4.78 is 0. The molecule has 2 rings (SSSR count). The number of carbonyl (C=O) groups excluding carboxylic acids is 1. The minimum atomic E-state index is -0.838. The Morgan fingerprint density at radius 3 is 2.32 bits per heavy atom. The van der Waals surface area contributed by atoms with E-state index in [1.807, 2.05) is 13.8 Å². The molecule has 4 nitrogen and oxygen atoms in total. The molecule has 19 heavy (non-hydrogen) atoms. The van der Waals surface area contributed by atoms with E-state index < -0.39 is 11.5 Å². The molecule has 2 N–H and O–H groups in total. The standard InChI is InChI=1S/C15H25NO3/c1-3-15(4-2,10-12(17)18)16-13(19)11-9-14(11)7-5-6-8-14/h11H,3-10H2,1-2H3,(H,16,19)(H,17,18). The Bertz CT molecular complexity index is 368. The second-order valence-electron chi connectivity index (χ2n) is 6.37. The van der Waals surface area contributed by atoms with Gasteiger partial charge in [-0.1, -0.05) is 26.7 Å². The van der Waals surface area contributed by atoms with E-state index in [2.05, 4.69) is 5.32 Å². The van der Waals surface area contributed by atoms with Crippen LogP contribution >= 0.6 is 0 Å². The number of carboxylic acids is 1. The van der Waals surface area contributed by atoms with E-state index in [0.717, 1.165) is 6.42 Å². The first-order valence-corrected chi connectivity index (χ1v) is 7.51. The number of amides is 1. The van der Waals surface area contributed by atoms with Crippen molar-refractivity contribution in [2.75, 3.05) is 0 Å². The van der Waals surface area contributed by atoms with Crippen LogP contribution in [0.25, 0.3) is 0 Å². The van der Waals surface area contributed by atoms with Crippen LogP contribution in [0.4, 0.5) is 0 Å². The minimum Gasteiger partial charge on any atom is -0.481 e. The highest BCUT2D eigenvalue weighted by molar-refractivity contribution is 5.84. The fraction of sp³-hybridized carbons (Fsp3) is 0.867. The van der Waals surface area contributed by atoms with Gasteiger partial charge < -0.3 is 10.4 Å². The number of hydrogen-bond acceptors (Lipinski definition) is 2. The van der Waals surface area contributed by atoms with Gasteiger partial charge in [-0.15, -0.1) is 0 Å². The van der Waals surface area contributed by atoms with Gasteiger partial charge in [0.1, 0.15) is 0 Å². The van der Waals surface area contributed by atoms with Crippen LogP contribution in [0.15, 0.2) is 0 Å². The normalized spacial score (nSPS) is 24.4. The molecule has 108 valence electrons. The van der Waals surface area contributed by atoms with Crippen LogP contribution in [0.3, 0.4) is 0 Å². The second-order valence-corrected chi connectivity index (χ2v) is 6.37. The van der Waals surface area contributed by atoms with Gasteiger partial charge in [-0.2, -0.15) is 0 Å². The third-order valence-electron chi connectivity index (χ3n) is 5.34. The summed E-state index contributed by atoms with van der Waals surface area (Å²) in [5, 5.41) is 12.1. The summed E-state index contributed by atoms with van der Waals surface area (Å²) >= 11 is 0. The topological polar surface area (TPSA) is 66.4 Å². The van der Waals surface area contributed by atoms with Crippen LogP contribution in [0, 0.1) is 11.3 Å². The first-order valence-electron chi connectivity index (χ1n) is 7.51. The van der Waals surface area contributed by atoms with E-state index >= 15 is 0 Å². The second kappa shape index (κ2) is 5.14. The summed E-state index contributed by atoms with van der Waals surface area (Å²) in [6.45, 7) is 3.90. The summed E-state index contributed by atoms with van der Waals surface area (Å²) in [6.07, 6.45) is 7.20. The molecule has 1 amide bonds. The Morgan fingerprint density at radius 2 is 1.84 bits per heavy atom. The van der Waals surface area contributed by atoms with Crippen molar-refractivity contribution in [1.82, 2.24) is 5.32 Å². The van der Waals surface area contributed by atoms with E-state index in [0.29, 0.717) is 12.8 Å². The maximum atomic E-state index is 12.4. The maximum Gasteiger partial charge on any atom is 0.305 e. The van der Waals surface area contributed by atoms with Gasteiger partial charge in [0.25, 0.3) is 0 Å². The van der Waals surface area contributed by atoms with Crippen LogP contribution in [0.5, 0.6) is 0 Å². The molecule has 2 aliphatic carbocycles. The number of aliphatic carboxylic acids is 1. The van der Waals surface area contributed by atoms with Crippen molar-refractivity contribution in [2.24, 2.45) is 11.3 Å². The number of carbonyl (C=O) groups is 2. The largest absolute Gasteiger partial charge is 0.481 e. The fourth-order valence-corrected chi connectivity index (χ4v) is 3.71. The van der Waals surface area contributed by atoms with E-state index in [-0.39, 0.29) is 23.7 Å². The van der Waals surface area contributed by atoms with Gasteiger partial charge in [0, 0.05) is 11.5 Å². The molecule has 2 aliphatic rings. The van der Waals surface area contributed by atoms with E-state index in [1.54, 1.807) is 0 Å². The zero-order chi connectivity index (χ0) is 14.1. The first-order chi connectivity index (χ1) is 8.97. The molecule has 0 bridgehead atoms. The van der Waals surface area contributed by atoms with Crippen LogP contribution in [-0.2, 0) is 9.59 Å². The molecule has 0 aliphatic heterocycles. The number of rotatable bonds is 6. The van der Waals surface area contributed by atoms with Gasteiger partial charge in [0.15, 0.2) is 0 Å². The third kappa shape index (κ3) is 2.77. The van der Waals surface area contributed by atoms with Gasteiger partial charge in [-0.05, 0) is 37.5 Å². The van der Waals surface area contributed by atoms with Crippen molar-refractivity contribution in [1.29, 1.82) is 0 Å². The molecule has 2 fully saturated rings. The third-order valence-corrected chi connectivity index (χ3v) is 5.34. The minimum absolute atomic E-state index is 0.0193. The predicted octanol–water partition coefficient (Wildman–Crippen LogP) is 2.72. The van der Waals surface area contributed by atoms with Crippen molar-refractivity contribution in [3.05, 3.63) is 0 Å². The average Bonchev–Trinajstić information content (AvgIpc) is 2.86. The lowest BCUT2D eigenvalue weighted by Gasteiger charge is -2.31. The highest BCUT2D eigenvalue weighted by atomic mass is 16.4. The lowest BCUT2D eigenvalue weighted by molar-refractivity contribution is -0.139. The highest BCUT2D eigenvalue weighted by Crippen LogP contribution is 2.62. The van der Waals surface area contributed by atoms with Crippen LogP contribution < -0.4 is 5.32 Å². The van der Waals surface area contributed by atoms with Crippen molar-refractivity contribution < 1.29 is 14.7 Å². The Hall–Kier alpha value is -1.06. The smallest absolute Gasteiger partial charge is 0.305 e. The molecule has 0 saturated heterocycles. The van der Waals surface area contributed by atoms with Crippen molar-refractivity contribution in [3.63, 3.8) is 0 Å². The molecule has 0 aromatic carbocycles. The summed E-state index contributed by atoms with van der Waals surface area (Å²) in [4.78, 5) is 23.4. The van der Waals surface area contributed by atoms with Crippen LogP contribution in [0.1, 0.15) is 65.2 Å². The zero-order valence-corrected chi connectivity index (χ0v) is 12.0. The molecule has 2 saturated carbocycles. The summed E-state index contributed by atoms with van der Waals surface area (Å²) in [5.74, 6) is -0.608. The molecule has 4 heteroatoms. The molecule has 0 radical (unpaired) electrons. The summed E-state index contributed by atoms with van der Waals surface area (Å²) in [7, 11) is 0. The van der Waals surface area contributed by atoms with Crippen molar-refractivity contribution in [2.45, 2.75) is 70.8 Å². The van der Waals surface area contributed by atoms with Gasteiger partial charge in [0.05, 0.1) is 6.42 Å². The lowest BCUT2D eigenvalue weighted by atomic mass is 9.88. The lowest BCUT2D eigenvalue weighted by Crippen LogP contribution is -2.50. The monoisotopic (exact) mass is 267 g/mol. The molecule has 0 aromatic heterocycles. The van der Waals surface area contributed by atoms with Crippen LogP contribution in [0.2, 0.25) is 0 Å². The zero-order valence-electron chi connectivity index (χ0n) is 12.0. The molecule has 0 aromatic rings. The van der Waals surface area contributed by atoms with Crippen LogP contribution in [-0.4, -0.2) is 22.5 Å². The Labute approximate surface area is 115 Å². The number of carboxylic acid groups (broad SMARTS) is 1. The quantitative estimate of drug-likeness (QED) is 0.777. The molecule has 0 heterocycles. The van der Waals surface area contributed by atoms with E-state index in [1.165, 1.54) is 25.7 Å². The van der Waals surface area contributed by atoms with E-state index in [9.17, 15) is 9.59 Å². The summed E-state index contributed by atoms with van der Waals surface area (Å²) in [6, 6.07) is 0. The highest BCUT2D eigenvalue weighted by Gasteiger charge is 2.59. The fourth-order valence-electron chi connectivity index (χ4n) is 3.71. The molecule has 1 unspecified atom stereocenters. The molecular formula is C15H25NO3. The van der Waals surface area contributed by atoms with Gasteiger partial charge >= 0.3 is 5.97 Å². The number of hydrogen-bond donors (Lipinski definition) is 2. The molecule has 1 spiro atoms. The average molecular weight is 267 g/mol. The first kappa shape index (κ1) is 14.4. The molecule has 1 atom stereocenters. The number of nitrogens with one attached hydrogen (secondary N) is 1. The van der Waals surface area contributed by atoms with Gasteiger partial charge in [-0.3, -0.25) is 9.59 Å².